The molecule has 0 spiro atoms. The molecule has 0 aliphatic rings. The van der Waals surface area contributed by atoms with Crippen LogP contribution < -0.4 is 5.32 Å². The lowest BCUT2D eigenvalue weighted by atomic mass is 10.3. The Labute approximate surface area is 96.3 Å². The molecule has 0 aliphatic carbocycles. The SMILES string of the molecule is Cc1nc(NCc2cn[nH]c2)ccc1Br. The Morgan fingerprint density at radius 1 is 1.47 bits per heavy atom. The van der Waals surface area contributed by atoms with Crippen LogP contribution in [0.1, 0.15) is 11.3 Å². The maximum atomic E-state index is 4.38. The molecule has 0 aliphatic heterocycles. The van der Waals surface area contributed by atoms with Crippen molar-refractivity contribution >= 4 is 21.7 Å². The highest BCUT2D eigenvalue weighted by molar-refractivity contribution is 9.10. The quantitative estimate of drug-likeness (QED) is 0.898. The molecule has 0 saturated carbocycles. The summed E-state index contributed by atoms with van der Waals surface area (Å²) >= 11 is 3.41. The maximum absolute atomic E-state index is 4.38. The van der Waals surface area contributed by atoms with Crippen LogP contribution in [0.25, 0.3) is 0 Å². The molecule has 2 rings (SSSR count). The number of aromatic amines is 1. The first-order chi connectivity index (χ1) is 7.25. The number of H-pyrrole nitrogens is 1. The molecule has 0 radical (unpaired) electrons. The van der Waals surface area contributed by atoms with E-state index in [2.05, 4.69) is 36.4 Å². The summed E-state index contributed by atoms with van der Waals surface area (Å²) in [5.41, 5.74) is 2.09. The van der Waals surface area contributed by atoms with E-state index in [1.54, 1.807) is 6.20 Å². The van der Waals surface area contributed by atoms with E-state index in [0.717, 1.165) is 28.1 Å². The molecule has 0 amide bonds. The van der Waals surface area contributed by atoms with Crippen molar-refractivity contribution in [1.82, 2.24) is 15.2 Å². The fourth-order valence-corrected chi connectivity index (χ4v) is 1.43. The van der Waals surface area contributed by atoms with Crippen LogP contribution in [0, 0.1) is 6.92 Å². The van der Waals surface area contributed by atoms with Gasteiger partial charge in [-0.25, -0.2) is 4.98 Å². The second-order valence-electron chi connectivity index (χ2n) is 3.22. The van der Waals surface area contributed by atoms with Crippen molar-refractivity contribution in [2.45, 2.75) is 13.5 Å². The van der Waals surface area contributed by atoms with Crippen molar-refractivity contribution in [1.29, 1.82) is 0 Å². The summed E-state index contributed by atoms with van der Waals surface area (Å²) < 4.78 is 1.02. The molecule has 0 unspecified atom stereocenters. The Hall–Kier alpha value is -1.36. The number of pyridine rings is 1. The van der Waals surface area contributed by atoms with Crippen LogP contribution in [-0.4, -0.2) is 15.2 Å². The molecular weight excluding hydrogens is 256 g/mol. The van der Waals surface area contributed by atoms with Crippen molar-refractivity contribution in [3.63, 3.8) is 0 Å². The van der Waals surface area contributed by atoms with Crippen molar-refractivity contribution in [2.75, 3.05) is 5.32 Å². The van der Waals surface area contributed by atoms with Gasteiger partial charge in [0.1, 0.15) is 5.82 Å². The number of hydrogen-bond acceptors (Lipinski definition) is 3. The molecule has 15 heavy (non-hydrogen) atoms. The lowest BCUT2D eigenvalue weighted by molar-refractivity contribution is 1.09. The van der Waals surface area contributed by atoms with Crippen molar-refractivity contribution in [3.8, 4) is 0 Å². The van der Waals surface area contributed by atoms with Crippen molar-refractivity contribution < 1.29 is 0 Å². The average Bonchev–Trinajstić information content (AvgIpc) is 2.73. The van der Waals surface area contributed by atoms with E-state index in [9.17, 15) is 0 Å². The standard InChI is InChI=1S/C10H11BrN4/c1-7-9(11)2-3-10(15-7)12-4-8-5-13-14-6-8/h2-3,5-6H,4H2,1H3,(H,12,15)(H,13,14). The zero-order chi connectivity index (χ0) is 10.7. The van der Waals surface area contributed by atoms with E-state index in [1.807, 2.05) is 25.3 Å². The molecule has 5 heteroatoms. The van der Waals surface area contributed by atoms with Gasteiger partial charge in [-0.1, -0.05) is 0 Å². The number of halogens is 1. The largest absolute Gasteiger partial charge is 0.366 e. The number of nitrogens with one attached hydrogen (secondary N) is 2. The predicted molar refractivity (Wildman–Crippen MR) is 62.6 cm³/mol. The summed E-state index contributed by atoms with van der Waals surface area (Å²) in [5, 5.41) is 9.86. The average molecular weight is 267 g/mol. The third-order valence-corrected chi connectivity index (χ3v) is 2.89. The van der Waals surface area contributed by atoms with Gasteiger partial charge in [0, 0.05) is 22.8 Å². The molecule has 2 heterocycles. The second-order valence-corrected chi connectivity index (χ2v) is 4.08. The zero-order valence-corrected chi connectivity index (χ0v) is 9.87. The molecule has 2 aromatic heterocycles. The maximum Gasteiger partial charge on any atom is 0.126 e. The van der Waals surface area contributed by atoms with Gasteiger partial charge in [0.15, 0.2) is 0 Å². The first-order valence-electron chi connectivity index (χ1n) is 4.60. The van der Waals surface area contributed by atoms with Crippen molar-refractivity contribution in [3.05, 3.63) is 40.3 Å². The predicted octanol–water partition coefficient (Wildman–Crippen LogP) is 2.49. The summed E-state index contributed by atoms with van der Waals surface area (Å²) in [6.07, 6.45) is 3.65. The zero-order valence-electron chi connectivity index (χ0n) is 8.29. The van der Waals surface area contributed by atoms with Crippen LogP contribution >= 0.6 is 15.9 Å². The summed E-state index contributed by atoms with van der Waals surface area (Å²) in [4.78, 5) is 4.38. The molecule has 0 aromatic carbocycles. The van der Waals surface area contributed by atoms with Crippen LogP contribution in [0.4, 0.5) is 5.82 Å². The Balaban J connectivity index is 2.02. The Morgan fingerprint density at radius 3 is 3.00 bits per heavy atom. The lowest BCUT2D eigenvalue weighted by Crippen LogP contribution is -2.01. The Bertz CT molecular complexity index is 439. The highest BCUT2D eigenvalue weighted by Gasteiger charge is 1.99. The molecule has 4 nitrogen and oxygen atoms in total. The molecule has 0 atom stereocenters. The number of hydrogen-bond donors (Lipinski definition) is 2. The van der Waals surface area contributed by atoms with E-state index in [1.165, 1.54) is 0 Å². The van der Waals surface area contributed by atoms with Crippen LogP contribution in [0.15, 0.2) is 29.0 Å². The fraction of sp³-hybridized carbons (Fsp3) is 0.200. The number of anilines is 1. The normalized spacial score (nSPS) is 10.3. The van der Waals surface area contributed by atoms with Gasteiger partial charge in [-0.05, 0) is 35.0 Å². The molecule has 2 N–H and O–H groups in total. The third-order valence-electron chi connectivity index (χ3n) is 2.05. The minimum atomic E-state index is 0.727. The van der Waals surface area contributed by atoms with Gasteiger partial charge in [0.2, 0.25) is 0 Å². The molecular formula is C10H11BrN4. The molecule has 0 saturated heterocycles. The van der Waals surface area contributed by atoms with Gasteiger partial charge in [-0.15, -0.1) is 0 Å². The van der Waals surface area contributed by atoms with Gasteiger partial charge < -0.3 is 5.32 Å². The highest BCUT2D eigenvalue weighted by atomic mass is 79.9. The topological polar surface area (TPSA) is 53.6 Å². The van der Waals surface area contributed by atoms with Crippen molar-refractivity contribution in [2.24, 2.45) is 0 Å². The summed E-state index contributed by atoms with van der Waals surface area (Å²) in [6.45, 7) is 2.69. The van der Waals surface area contributed by atoms with Crippen LogP contribution in [0.5, 0.6) is 0 Å². The van der Waals surface area contributed by atoms with Gasteiger partial charge in [0.05, 0.1) is 11.9 Å². The minimum absolute atomic E-state index is 0.727. The van der Waals surface area contributed by atoms with Gasteiger partial charge in [-0.2, -0.15) is 5.10 Å². The van der Waals surface area contributed by atoms with Gasteiger partial charge in [-0.3, -0.25) is 5.10 Å². The number of aromatic nitrogens is 3. The summed E-state index contributed by atoms with van der Waals surface area (Å²) in [7, 11) is 0. The number of aryl methyl sites for hydroxylation is 1. The van der Waals surface area contributed by atoms with E-state index in [-0.39, 0.29) is 0 Å². The third kappa shape index (κ3) is 2.56. The van der Waals surface area contributed by atoms with Crippen LogP contribution in [-0.2, 0) is 6.54 Å². The number of nitrogens with zero attached hydrogens (tertiary/aromatic N) is 2. The summed E-state index contributed by atoms with van der Waals surface area (Å²) in [6, 6.07) is 3.93. The Kier molecular flexibility index (Phi) is 3.01. The number of rotatable bonds is 3. The molecule has 2 aromatic rings. The van der Waals surface area contributed by atoms with Gasteiger partial charge >= 0.3 is 0 Å². The van der Waals surface area contributed by atoms with Crippen LogP contribution in [0.3, 0.4) is 0 Å². The minimum Gasteiger partial charge on any atom is -0.366 e. The highest BCUT2D eigenvalue weighted by Crippen LogP contribution is 2.16. The second kappa shape index (κ2) is 4.44. The molecule has 0 bridgehead atoms. The van der Waals surface area contributed by atoms with Gasteiger partial charge in [0.25, 0.3) is 0 Å². The monoisotopic (exact) mass is 266 g/mol. The smallest absolute Gasteiger partial charge is 0.126 e. The van der Waals surface area contributed by atoms with E-state index in [4.69, 9.17) is 0 Å². The first-order valence-corrected chi connectivity index (χ1v) is 5.39. The summed E-state index contributed by atoms with van der Waals surface area (Å²) in [5.74, 6) is 0.872. The van der Waals surface area contributed by atoms with Crippen LogP contribution in [0.2, 0.25) is 0 Å². The first kappa shape index (κ1) is 10.2. The lowest BCUT2D eigenvalue weighted by Gasteiger charge is -2.05. The Morgan fingerprint density at radius 2 is 2.33 bits per heavy atom. The van der Waals surface area contributed by atoms with E-state index >= 15 is 0 Å². The fourth-order valence-electron chi connectivity index (χ4n) is 1.21. The molecule has 0 fully saturated rings. The van der Waals surface area contributed by atoms with E-state index < -0.39 is 0 Å². The molecule has 78 valence electrons. The van der Waals surface area contributed by atoms with E-state index in [0.29, 0.717) is 0 Å².